The number of thiazole rings is 1. The topological polar surface area (TPSA) is 97.6 Å². The van der Waals surface area contributed by atoms with Gasteiger partial charge in [0.1, 0.15) is 11.5 Å². The second kappa shape index (κ2) is 12.9. The van der Waals surface area contributed by atoms with E-state index >= 15 is 0 Å². The van der Waals surface area contributed by atoms with Crippen LogP contribution in [0.2, 0.25) is 0 Å². The highest BCUT2D eigenvalue weighted by atomic mass is 32.1. The Balaban J connectivity index is 1.90. The fraction of sp³-hybridized carbons (Fsp3) is 0.367. The number of benzene rings is 2. The van der Waals surface area contributed by atoms with Gasteiger partial charge in [-0.3, -0.25) is 9.36 Å². The average Bonchev–Trinajstić information content (AvgIpc) is 3.26. The summed E-state index contributed by atoms with van der Waals surface area (Å²) in [5.41, 5.74) is 1.88. The van der Waals surface area contributed by atoms with Crippen molar-refractivity contribution < 1.29 is 28.5 Å². The minimum Gasteiger partial charge on any atom is -0.497 e. The molecule has 1 atom stereocenters. The van der Waals surface area contributed by atoms with Gasteiger partial charge in [0.05, 0.1) is 56.4 Å². The third-order valence-corrected chi connectivity index (χ3v) is 7.49. The number of aromatic nitrogens is 1. The molecular formula is C30H34N2O7S. The first-order valence-corrected chi connectivity index (χ1v) is 13.9. The van der Waals surface area contributed by atoms with Crippen molar-refractivity contribution in [2.75, 3.05) is 34.5 Å². The van der Waals surface area contributed by atoms with Gasteiger partial charge < -0.3 is 23.7 Å². The lowest BCUT2D eigenvalue weighted by atomic mass is 9.95. The van der Waals surface area contributed by atoms with E-state index in [1.165, 1.54) is 15.9 Å². The molecule has 0 saturated heterocycles. The van der Waals surface area contributed by atoms with Crippen LogP contribution in [0.3, 0.4) is 0 Å². The lowest BCUT2D eigenvalue weighted by molar-refractivity contribution is -0.139. The molecule has 9 nitrogen and oxygen atoms in total. The molecule has 4 rings (SSSR count). The summed E-state index contributed by atoms with van der Waals surface area (Å²) in [6.07, 6.45) is 3.67. The van der Waals surface area contributed by atoms with E-state index in [0.717, 1.165) is 12.8 Å². The monoisotopic (exact) mass is 566 g/mol. The van der Waals surface area contributed by atoms with Crippen LogP contribution in [-0.2, 0) is 9.53 Å². The summed E-state index contributed by atoms with van der Waals surface area (Å²) in [4.78, 5) is 32.3. The van der Waals surface area contributed by atoms with Gasteiger partial charge in [-0.15, -0.1) is 0 Å². The molecule has 2 aromatic carbocycles. The summed E-state index contributed by atoms with van der Waals surface area (Å²) in [5.74, 6) is 1.78. The first-order chi connectivity index (χ1) is 19.4. The maximum absolute atomic E-state index is 13.9. The number of unbranched alkanes of at least 4 members (excludes halogenated alkanes) is 1. The van der Waals surface area contributed by atoms with E-state index in [4.69, 9.17) is 23.7 Å². The van der Waals surface area contributed by atoms with Crippen LogP contribution < -0.4 is 33.8 Å². The quantitative estimate of drug-likeness (QED) is 0.256. The number of nitrogens with zero attached hydrogens (tertiary/aromatic N) is 2. The number of rotatable bonds is 11. The Labute approximate surface area is 236 Å². The predicted octanol–water partition coefficient (Wildman–Crippen LogP) is 4.00. The number of carbonyl (C=O) groups is 1. The highest BCUT2D eigenvalue weighted by Crippen LogP contribution is 2.36. The first kappa shape index (κ1) is 28.9. The van der Waals surface area contributed by atoms with Crippen molar-refractivity contribution in [2.24, 2.45) is 4.99 Å². The number of carbonyl (C=O) groups excluding carboxylic acids is 1. The van der Waals surface area contributed by atoms with Crippen LogP contribution >= 0.6 is 11.3 Å². The number of fused-ring (bicyclic) bond motifs is 1. The Kier molecular flexibility index (Phi) is 9.31. The maximum atomic E-state index is 13.9. The molecule has 0 radical (unpaired) electrons. The largest absolute Gasteiger partial charge is 0.497 e. The van der Waals surface area contributed by atoms with Crippen LogP contribution in [-0.4, -0.2) is 45.1 Å². The highest BCUT2D eigenvalue weighted by Gasteiger charge is 2.34. The SMILES string of the molecule is CCCCOc1ccc([C@H]2C(C(=O)OCC)=C(C)N=c3sc(=Cc4ccc(OC)cc4OC)c(=O)n32)cc1OC. The summed E-state index contributed by atoms with van der Waals surface area (Å²) < 4.78 is 29.7. The zero-order chi connectivity index (χ0) is 28.8. The van der Waals surface area contributed by atoms with Gasteiger partial charge in [0, 0.05) is 11.6 Å². The Bertz CT molecular complexity index is 1600. The zero-order valence-corrected chi connectivity index (χ0v) is 24.4. The van der Waals surface area contributed by atoms with Crippen molar-refractivity contribution in [1.29, 1.82) is 0 Å². The van der Waals surface area contributed by atoms with Gasteiger partial charge >= 0.3 is 5.97 Å². The number of hydrogen-bond acceptors (Lipinski definition) is 9. The smallest absolute Gasteiger partial charge is 0.338 e. The van der Waals surface area contributed by atoms with Crippen molar-refractivity contribution in [3.63, 3.8) is 0 Å². The summed E-state index contributed by atoms with van der Waals surface area (Å²) in [6.45, 7) is 6.34. The molecule has 0 unspecified atom stereocenters. The summed E-state index contributed by atoms with van der Waals surface area (Å²) >= 11 is 1.24. The van der Waals surface area contributed by atoms with Crippen LogP contribution in [0.5, 0.6) is 23.0 Å². The van der Waals surface area contributed by atoms with Gasteiger partial charge in [-0.05, 0) is 56.2 Å². The minimum absolute atomic E-state index is 0.192. The van der Waals surface area contributed by atoms with Crippen molar-refractivity contribution in [1.82, 2.24) is 4.57 Å². The zero-order valence-electron chi connectivity index (χ0n) is 23.6. The fourth-order valence-corrected chi connectivity index (χ4v) is 5.52. The second-order valence-corrected chi connectivity index (χ2v) is 10.0. The number of ether oxygens (including phenoxy) is 5. The Morgan fingerprint density at radius 3 is 2.48 bits per heavy atom. The molecule has 10 heteroatoms. The van der Waals surface area contributed by atoms with E-state index in [2.05, 4.69) is 11.9 Å². The van der Waals surface area contributed by atoms with Crippen molar-refractivity contribution in [3.8, 4) is 23.0 Å². The van der Waals surface area contributed by atoms with E-state index in [-0.39, 0.29) is 12.2 Å². The number of allylic oxidation sites excluding steroid dienone is 1. The third kappa shape index (κ3) is 5.77. The molecule has 1 aliphatic heterocycles. The van der Waals surface area contributed by atoms with Gasteiger partial charge in [-0.2, -0.15) is 0 Å². The molecule has 0 aliphatic carbocycles. The van der Waals surface area contributed by atoms with Crippen molar-refractivity contribution in [3.05, 3.63) is 78.5 Å². The van der Waals surface area contributed by atoms with Crippen LogP contribution in [0.1, 0.15) is 50.8 Å². The summed E-state index contributed by atoms with van der Waals surface area (Å²) in [5, 5.41) is 0. The highest BCUT2D eigenvalue weighted by molar-refractivity contribution is 7.07. The maximum Gasteiger partial charge on any atom is 0.338 e. The molecule has 0 N–H and O–H groups in total. The summed E-state index contributed by atoms with van der Waals surface area (Å²) in [6, 6.07) is 10.1. The molecule has 3 aromatic rings. The molecule has 0 fully saturated rings. The Hall–Kier alpha value is -4.05. The van der Waals surface area contributed by atoms with E-state index < -0.39 is 12.0 Å². The number of hydrogen-bond donors (Lipinski definition) is 0. The molecule has 2 heterocycles. The van der Waals surface area contributed by atoms with Crippen LogP contribution in [0.25, 0.3) is 6.08 Å². The van der Waals surface area contributed by atoms with Crippen LogP contribution in [0.15, 0.2) is 57.5 Å². The molecule has 0 bridgehead atoms. The Morgan fingerprint density at radius 1 is 1.02 bits per heavy atom. The molecule has 0 amide bonds. The van der Waals surface area contributed by atoms with E-state index in [0.29, 0.717) is 61.3 Å². The van der Waals surface area contributed by atoms with Gasteiger partial charge in [0.2, 0.25) is 0 Å². The lowest BCUT2D eigenvalue weighted by Crippen LogP contribution is -2.40. The molecule has 0 spiro atoms. The van der Waals surface area contributed by atoms with E-state index in [1.807, 2.05) is 12.1 Å². The lowest BCUT2D eigenvalue weighted by Gasteiger charge is -2.25. The van der Waals surface area contributed by atoms with E-state index in [1.54, 1.807) is 65.5 Å². The van der Waals surface area contributed by atoms with Gasteiger partial charge in [0.15, 0.2) is 16.3 Å². The second-order valence-electron chi connectivity index (χ2n) is 9.02. The standard InChI is InChI=1S/C30H34N2O7S/c1-7-9-14-39-22-13-11-20(15-24(22)37-6)27-26(29(34)38-8-2)18(3)31-30-32(27)28(33)25(40-30)16-19-10-12-21(35-4)17-23(19)36-5/h10-13,15-17,27H,7-9,14H2,1-6H3/t27-/m0/s1. The van der Waals surface area contributed by atoms with Crippen LogP contribution in [0.4, 0.5) is 0 Å². The average molecular weight is 567 g/mol. The predicted molar refractivity (Wildman–Crippen MR) is 153 cm³/mol. The molecule has 40 heavy (non-hydrogen) atoms. The third-order valence-electron chi connectivity index (χ3n) is 6.50. The van der Waals surface area contributed by atoms with E-state index in [9.17, 15) is 9.59 Å². The minimum atomic E-state index is -0.770. The number of methoxy groups -OCH3 is 3. The first-order valence-electron chi connectivity index (χ1n) is 13.1. The fourth-order valence-electron chi connectivity index (χ4n) is 4.49. The number of esters is 1. The summed E-state index contributed by atoms with van der Waals surface area (Å²) in [7, 11) is 4.70. The van der Waals surface area contributed by atoms with Crippen molar-refractivity contribution >= 4 is 23.4 Å². The van der Waals surface area contributed by atoms with Gasteiger partial charge in [-0.1, -0.05) is 30.7 Å². The molecule has 0 saturated carbocycles. The molecule has 1 aromatic heterocycles. The Morgan fingerprint density at radius 2 is 1.80 bits per heavy atom. The van der Waals surface area contributed by atoms with Crippen LogP contribution in [0, 0.1) is 0 Å². The van der Waals surface area contributed by atoms with Gasteiger partial charge in [-0.25, -0.2) is 9.79 Å². The molecule has 1 aliphatic rings. The molecule has 212 valence electrons. The van der Waals surface area contributed by atoms with Gasteiger partial charge in [0.25, 0.3) is 5.56 Å². The van der Waals surface area contributed by atoms with Crippen molar-refractivity contribution in [2.45, 2.75) is 39.7 Å². The molecular weight excluding hydrogens is 532 g/mol. The normalized spacial score (nSPS) is 14.8.